The van der Waals surface area contributed by atoms with Gasteiger partial charge in [0.1, 0.15) is 46.3 Å². The van der Waals surface area contributed by atoms with Crippen LogP contribution in [0.4, 0.5) is 0 Å². The Morgan fingerprint density at radius 1 is 0.345 bits per heavy atom. The van der Waals surface area contributed by atoms with E-state index in [1.54, 1.807) is 0 Å². The molecule has 0 aliphatic rings. The fraction of sp³-hybridized carbons (Fsp3) is 0.529. The molecule has 0 N–H and O–H groups in total. The van der Waals surface area contributed by atoms with Gasteiger partial charge in [0.05, 0.1) is 33.2 Å². The summed E-state index contributed by atoms with van der Waals surface area (Å²) in [5, 5.41) is 0. The average molecular weight is 823 g/mol. The topological polar surface area (TPSA) is 51.6 Å². The van der Waals surface area contributed by atoms with E-state index in [0.717, 1.165) is 60.8 Å². The van der Waals surface area contributed by atoms with Crippen molar-refractivity contribution in [3.05, 3.63) is 59.2 Å². The zero-order valence-electron chi connectivity index (χ0n) is 39.0. The van der Waals surface area contributed by atoms with Crippen molar-refractivity contribution in [1.29, 1.82) is 0 Å². The van der Waals surface area contributed by atoms with Crippen LogP contribution in [-0.2, 0) is 0 Å². The molecule has 7 heteroatoms. The summed E-state index contributed by atoms with van der Waals surface area (Å²) in [6.45, 7) is 42.5. The first-order chi connectivity index (χ1) is 27.2. The summed E-state index contributed by atoms with van der Waals surface area (Å²) in [7, 11) is -6.21. The molecule has 0 amide bonds. The summed E-state index contributed by atoms with van der Waals surface area (Å²) >= 11 is 0. The molecule has 0 spiro atoms. The second kappa shape index (κ2) is 17.4. The van der Waals surface area contributed by atoms with Crippen molar-refractivity contribution in [2.75, 3.05) is 0 Å². The van der Waals surface area contributed by atoms with Crippen molar-refractivity contribution in [3.63, 3.8) is 0 Å². The number of hydrogen-bond acceptors (Lipinski definition) is 4. The van der Waals surface area contributed by atoms with E-state index in [1.165, 1.54) is 0 Å². The lowest BCUT2D eigenvalue weighted by atomic mass is 10.0. The van der Waals surface area contributed by atoms with Gasteiger partial charge in [-0.1, -0.05) is 155 Å². The first-order valence-corrected chi connectivity index (χ1v) is 28.8. The predicted octanol–water partition coefficient (Wildman–Crippen LogP) is 14.6. The van der Waals surface area contributed by atoms with E-state index >= 15 is 0 Å². The fourth-order valence-electron chi connectivity index (χ4n) is 11.1. The largest absolute Gasteiger partial charge is 0.243 e. The van der Waals surface area contributed by atoms with E-state index in [0.29, 0.717) is 49.9 Å². The molecule has 0 unspecified atom stereocenters. The average Bonchev–Trinajstić information content (AvgIpc) is 3.13. The smallest absolute Gasteiger partial charge is 0.146 e. The molecule has 0 aliphatic carbocycles. The molecule has 58 heavy (non-hydrogen) atoms. The van der Waals surface area contributed by atoms with Crippen LogP contribution in [0.5, 0.6) is 0 Å². The van der Waals surface area contributed by atoms with Crippen LogP contribution < -0.4 is 0 Å². The monoisotopic (exact) mass is 822 g/mol. The Morgan fingerprint density at radius 2 is 0.621 bits per heavy atom. The molecular formula is C51H70N4Si3. The molecule has 3 aromatic carbocycles. The quantitative estimate of drug-likeness (QED) is 0.0844. The van der Waals surface area contributed by atoms with Crippen molar-refractivity contribution in [3.8, 4) is 34.4 Å². The number of para-hydroxylation sites is 2. The summed E-state index contributed by atoms with van der Waals surface area (Å²) in [6.07, 6.45) is 0. The number of fused-ring (bicyclic) bond motifs is 4. The molecule has 4 nitrogen and oxygen atoms in total. The lowest BCUT2D eigenvalue weighted by Crippen LogP contribution is -2.43. The van der Waals surface area contributed by atoms with E-state index in [-0.39, 0.29) is 0 Å². The van der Waals surface area contributed by atoms with E-state index < -0.39 is 24.2 Å². The number of rotatable bonds is 9. The van der Waals surface area contributed by atoms with Gasteiger partial charge in [-0.3, -0.25) is 0 Å². The number of hydrogen-bond donors (Lipinski definition) is 0. The summed E-state index contributed by atoms with van der Waals surface area (Å²) < 4.78 is 0. The molecule has 0 saturated carbocycles. The number of nitrogens with zero attached hydrogens (tertiary/aromatic N) is 4. The Labute approximate surface area is 354 Å². The van der Waals surface area contributed by atoms with Crippen LogP contribution in [-0.4, -0.2) is 44.2 Å². The number of benzene rings is 3. The van der Waals surface area contributed by atoms with Gasteiger partial charge < -0.3 is 0 Å². The van der Waals surface area contributed by atoms with E-state index in [1.807, 2.05) is 24.3 Å². The Morgan fingerprint density at radius 3 is 0.931 bits per heavy atom. The Bertz CT molecular complexity index is 2440. The first kappa shape index (κ1) is 45.3. The van der Waals surface area contributed by atoms with Crippen LogP contribution in [0.2, 0.25) is 49.9 Å². The third-order valence-corrected chi connectivity index (χ3v) is 32.9. The van der Waals surface area contributed by atoms with Crippen molar-refractivity contribution >= 4 is 68.4 Å². The molecule has 2 heterocycles. The highest BCUT2D eigenvalue weighted by Gasteiger charge is 2.44. The van der Waals surface area contributed by atoms with Crippen LogP contribution >= 0.6 is 0 Å². The number of aromatic nitrogens is 4. The minimum atomic E-state index is -2.14. The molecule has 0 radical (unpaired) electrons. The standard InChI is InChI=1S/C51H70N4Si3/c1-32(2)56(33(3)4,34(5)6)28-25-41-23-24-46-47(31-41)55-51-43(27-30-58(38(13)14,39(15)16)40(17)18)49-48(52-44-21-19-20-22-45(44)53-49)42(50(51)54-46)26-29-57(35(7)8,36(9)10)37(11)12/h19-24,31-40H,1-18H3. The van der Waals surface area contributed by atoms with Gasteiger partial charge in [0, 0.05) is 5.56 Å². The molecule has 2 aromatic heterocycles. The van der Waals surface area contributed by atoms with Crippen molar-refractivity contribution in [2.45, 2.75) is 174 Å². The maximum absolute atomic E-state index is 5.53. The van der Waals surface area contributed by atoms with Crippen molar-refractivity contribution in [2.24, 2.45) is 0 Å². The minimum Gasteiger partial charge on any atom is -0.243 e. The molecule has 0 atom stereocenters. The third kappa shape index (κ3) is 7.83. The summed E-state index contributed by atoms with van der Waals surface area (Å²) in [5.74, 6) is 11.3. The van der Waals surface area contributed by atoms with Gasteiger partial charge >= 0.3 is 0 Å². The Balaban J connectivity index is 2.01. The van der Waals surface area contributed by atoms with Crippen molar-refractivity contribution in [1.82, 2.24) is 19.9 Å². The highest BCUT2D eigenvalue weighted by Crippen LogP contribution is 2.44. The molecule has 0 aliphatic heterocycles. The SMILES string of the molecule is CC(C)[Si](C#Cc1ccc2nc3c(C#C[Si](C(C)C)(C(C)C)C(C)C)c4nc5ccccc5nc4c(C#C[Si](C(C)C)(C(C)C)C(C)C)c3nc2c1)(C(C)C)C(C)C. The van der Waals surface area contributed by atoms with Crippen molar-refractivity contribution < 1.29 is 0 Å². The van der Waals surface area contributed by atoms with E-state index in [9.17, 15) is 0 Å². The highest BCUT2D eigenvalue weighted by molar-refractivity contribution is 6.91. The predicted molar refractivity (Wildman–Crippen MR) is 261 cm³/mol. The first-order valence-electron chi connectivity index (χ1n) is 22.1. The molecule has 5 aromatic rings. The van der Waals surface area contributed by atoms with Gasteiger partial charge in [0.25, 0.3) is 0 Å². The lowest BCUT2D eigenvalue weighted by molar-refractivity contribution is 0.838. The maximum atomic E-state index is 5.53. The van der Waals surface area contributed by atoms with Crippen LogP contribution in [0.25, 0.3) is 44.1 Å². The summed E-state index contributed by atoms with van der Waals surface area (Å²) in [6, 6.07) is 14.5. The van der Waals surface area contributed by atoms with Crippen LogP contribution in [0.3, 0.4) is 0 Å². The minimum absolute atomic E-state index is 0.474. The molecule has 0 fully saturated rings. The van der Waals surface area contributed by atoms with Gasteiger partial charge in [0.2, 0.25) is 0 Å². The summed E-state index contributed by atoms with van der Waals surface area (Å²) in [5.41, 5.74) is 25.5. The van der Waals surface area contributed by atoms with Gasteiger partial charge in [-0.05, 0) is 80.2 Å². The van der Waals surface area contributed by atoms with E-state index in [4.69, 9.17) is 19.9 Å². The van der Waals surface area contributed by atoms with E-state index in [2.05, 4.69) is 177 Å². The lowest BCUT2D eigenvalue weighted by Gasteiger charge is -2.38. The van der Waals surface area contributed by atoms with Gasteiger partial charge in [-0.2, -0.15) is 0 Å². The highest BCUT2D eigenvalue weighted by atomic mass is 28.3. The second-order valence-corrected chi connectivity index (χ2v) is 36.5. The Hall–Kier alpha value is -3.81. The van der Waals surface area contributed by atoms with Crippen LogP contribution in [0, 0.1) is 34.4 Å². The van der Waals surface area contributed by atoms with Gasteiger partial charge in [0.15, 0.2) is 0 Å². The maximum Gasteiger partial charge on any atom is 0.146 e. The molecule has 0 saturated heterocycles. The fourth-order valence-corrected chi connectivity index (χ4v) is 26.8. The zero-order chi connectivity index (χ0) is 43.1. The zero-order valence-corrected chi connectivity index (χ0v) is 42.0. The Kier molecular flexibility index (Phi) is 13.6. The molecule has 5 rings (SSSR count). The van der Waals surface area contributed by atoms with Gasteiger partial charge in [-0.25, -0.2) is 19.9 Å². The second-order valence-electron chi connectivity index (χ2n) is 19.7. The normalized spacial score (nSPS) is 12.9. The third-order valence-electron chi connectivity index (χ3n) is 14.0. The van der Waals surface area contributed by atoms with Crippen LogP contribution in [0.15, 0.2) is 42.5 Å². The van der Waals surface area contributed by atoms with Crippen LogP contribution in [0.1, 0.15) is 141 Å². The summed E-state index contributed by atoms with van der Waals surface area (Å²) in [4.78, 5) is 21.8. The molecular weight excluding hydrogens is 753 g/mol. The van der Waals surface area contributed by atoms with Gasteiger partial charge in [-0.15, -0.1) is 16.6 Å². The molecule has 0 bridgehead atoms. The molecule has 306 valence electrons.